The van der Waals surface area contributed by atoms with Gasteiger partial charge in [0, 0.05) is 36.9 Å². The molecule has 3 heterocycles. The van der Waals surface area contributed by atoms with Crippen LogP contribution in [0.25, 0.3) is 11.3 Å². The number of hydrogen-bond acceptors (Lipinski definition) is 6. The van der Waals surface area contributed by atoms with Crippen molar-refractivity contribution in [1.82, 2.24) is 9.97 Å². The van der Waals surface area contributed by atoms with Crippen molar-refractivity contribution in [2.75, 3.05) is 37.4 Å². The fourth-order valence-electron chi connectivity index (χ4n) is 2.81. The van der Waals surface area contributed by atoms with Crippen LogP contribution in [0.15, 0.2) is 30.5 Å². The molecule has 0 spiro atoms. The molecule has 24 heavy (non-hydrogen) atoms. The maximum Gasteiger partial charge on any atom is 0.126 e. The van der Waals surface area contributed by atoms with Crippen molar-refractivity contribution in [3.63, 3.8) is 0 Å². The van der Waals surface area contributed by atoms with Crippen molar-refractivity contribution in [3.8, 4) is 11.3 Å². The zero-order valence-electron chi connectivity index (χ0n) is 13.3. The van der Waals surface area contributed by atoms with Gasteiger partial charge in [0.25, 0.3) is 0 Å². The Bertz CT molecular complexity index is 705. The maximum atomic E-state index is 9.76. The van der Waals surface area contributed by atoms with Crippen LogP contribution < -0.4 is 11.1 Å². The second kappa shape index (κ2) is 7.34. The average molecular weight is 349 g/mol. The summed E-state index contributed by atoms with van der Waals surface area (Å²) in [6.07, 6.45) is 3.20. The number of nitrogens with one attached hydrogen (secondary N) is 1. The van der Waals surface area contributed by atoms with E-state index in [-0.39, 0.29) is 12.0 Å². The zero-order valence-corrected chi connectivity index (χ0v) is 14.1. The zero-order chi connectivity index (χ0) is 17.0. The summed E-state index contributed by atoms with van der Waals surface area (Å²) in [7, 11) is 0. The Labute approximate surface area is 146 Å². The van der Waals surface area contributed by atoms with Crippen LogP contribution in [0.3, 0.4) is 0 Å². The summed E-state index contributed by atoms with van der Waals surface area (Å²) in [4.78, 5) is 8.57. The normalized spacial score (nSPS) is 16.8. The standard InChI is InChI=1S/C17H21ClN4O2/c18-13-9-20-15(19)8-12(13)14-2-1-3-16(22-14)21-10-17(11-23)4-6-24-7-5-17/h1-3,8-9,23H,4-7,10-11H2,(H2,19,20)(H,21,22). The van der Waals surface area contributed by atoms with Gasteiger partial charge in [0.1, 0.15) is 11.6 Å². The molecule has 0 aromatic carbocycles. The first kappa shape index (κ1) is 17.0. The maximum absolute atomic E-state index is 9.76. The summed E-state index contributed by atoms with van der Waals surface area (Å²) in [5.41, 5.74) is 7.06. The van der Waals surface area contributed by atoms with Crippen molar-refractivity contribution in [1.29, 1.82) is 0 Å². The van der Waals surface area contributed by atoms with E-state index in [0.29, 0.717) is 30.6 Å². The first-order valence-corrected chi connectivity index (χ1v) is 8.31. The third-order valence-electron chi connectivity index (χ3n) is 4.43. The van der Waals surface area contributed by atoms with E-state index in [4.69, 9.17) is 22.1 Å². The number of halogens is 1. The Kier molecular flexibility index (Phi) is 5.18. The van der Waals surface area contributed by atoms with Crippen LogP contribution >= 0.6 is 11.6 Å². The van der Waals surface area contributed by atoms with E-state index < -0.39 is 0 Å². The highest BCUT2D eigenvalue weighted by Crippen LogP contribution is 2.31. The summed E-state index contributed by atoms with van der Waals surface area (Å²) in [6.45, 7) is 2.15. The predicted octanol–water partition coefficient (Wildman–Crippen LogP) is 2.58. The Morgan fingerprint density at radius 3 is 2.88 bits per heavy atom. The molecule has 0 saturated carbocycles. The van der Waals surface area contributed by atoms with Gasteiger partial charge in [-0.25, -0.2) is 9.97 Å². The molecule has 4 N–H and O–H groups in total. The molecule has 0 unspecified atom stereocenters. The van der Waals surface area contributed by atoms with Crippen LogP contribution in [0.1, 0.15) is 12.8 Å². The molecule has 7 heteroatoms. The molecular formula is C17H21ClN4O2. The second-order valence-corrected chi connectivity index (χ2v) is 6.53. The van der Waals surface area contributed by atoms with Crippen LogP contribution in [0, 0.1) is 5.41 Å². The van der Waals surface area contributed by atoms with Gasteiger partial charge >= 0.3 is 0 Å². The van der Waals surface area contributed by atoms with E-state index in [1.54, 1.807) is 6.07 Å². The number of pyridine rings is 2. The number of nitrogen functional groups attached to an aromatic ring is 1. The number of ether oxygens (including phenoxy) is 1. The van der Waals surface area contributed by atoms with Crippen LogP contribution in [0.2, 0.25) is 5.02 Å². The average Bonchev–Trinajstić information content (AvgIpc) is 2.63. The van der Waals surface area contributed by atoms with Crippen LogP contribution in [-0.2, 0) is 4.74 Å². The number of rotatable bonds is 5. The van der Waals surface area contributed by atoms with Gasteiger partial charge in [-0.2, -0.15) is 0 Å². The van der Waals surface area contributed by atoms with Gasteiger partial charge in [0.15, 0.2) is 0 Å². The van der Waals surface area contributed by atoms with Crippen LogP contribution in [0.5, 0.6) is 0 Å². The lowest BCUT2D eigenvalue weighted by Crippen LogP contribution is -2.39. The van der Waals surface area contributed by atoms with Crippen LogP contribution in [-0.4, -0.2) is 41.4 Å². The van der Waals surface area contributed by atoms with Crippen molar-refractivity contribution >= 4 is 23.2 Å². The van der Waals surface area contributed by atoms with Gasteiger partial charge in [-0.05, 0) is 31.0 Å². The Hall–Kier alpha value is -1.89. The number of aliphatic hydroxyl groups is 1. The number of aliphatic hydroxyl groups excluding tert-OH is 1. The fourth-order valence-corrected chi connectivity index (χ4v) is 3.01. The van der Waals surface area contributed by atoms with E-state index in [0.717, 1.165) is 29.9 Å². The van der Waals surface area contributed by atoms with Gasteiger partial charge in [-0.15, -0.1) is 0 Å². The molecule has 1 saturated heterocycles. The number of hydrogen-bond donors (Lipinski definition) is 3. The SMILES string of the molecule is Nc1cc(-c2cccc(NCC3(CO)CCOCC3)n2)c(Cl)cn1. The summed E-state index contributed by atoms with van der Waals surface area (Å²) in [6, 6.07) is 7.39. The van der Waals surface area contributed by atoms with Crippen molar-refractivity contribution in [3.05, 3.63) is 35.5 Å². The molecule has 1 aliphatic rings. The molecule has 0 amide bonds. The van der Waals surface area contributed by atoms with Crippen molar-refractivity contribution in [2.45, 2.75) is 12.8 Å². The monoisotopic (exact) mass is 348 g/mol. The Balaban J connectivity index is 1.77. The summed E-state index contributed by atoms with van der Waals surface area (Å²) in [5, 5.41) is 13.6. The molecule has 1 aliphatic heterocycles. The molecule has 2 aromatic rings. The molecule has 1 fully saturated rings. The molecule has 3 rings (SSSR count). The number of anilines is 2. The molecule has 6 nitrogen and oxygen atoms in total. The van der Waals surface area contributed by atoms with E-state index in [2.05, 4.69) is 15.3 Å². The van der Waals surface area contributed by atoms with Crippen molar-refractivity contribution in [2.24, 2.45) is 5.41 Å². The molecule has 0 bridgehead atoms. The highest BCUT2D eigenvalue weighted by atomic mass is 35.5. The summed E-state index contributed by atoms with van der Waals surface area (Å²) < 4.78 is 5.39. The lowest BCUT2D eigenvalue weighted by molar-refractivity contribution is -0.00861. The third kappa shape index (κ3) is 3.77. The lowest BCUT2D eigenvalue weighted by atomic mass is 9.81. The highest BCUT2D eigenvalue weighted by molar-refractivity contribution is 6.33. The fraction of sp³-hybridized carbons (Fsp3) is 0.412. The topological polar surface area (TPSA) is 93.3 Å². The van der Waals surface area contributed by atoms with E-state index in [9.17, 15) is 5.11 Å². The van der Waals surface area contributed by atoms with Gasteiger partial charge in [0.05, 0.1) is 17.3 Å². The third-order valence-corrected chi connectivity index (χ3v) is 4.74. The van der Waals surface area contributed by atoms with Gasteiger partial charge < -0.3 is 20.9 Å². The smallest absolute Gasteiger partial charge is 0.126 e. The Morgan fingerprint density at radius 1 is 1.33 bits per heavy atom. The van der Waals surface area contributed by atoms with E-state index in [1.165, 1.54) is 6.20 Å². The number of nitrogens with two attached hydrogens (primary N) is 1. The Morgan fingerprint density at radius 2 is 2.12 bits per heavy atom. The summed E-state index contributed by atoms with van der Waals surface area (Å²) >= 11 is 6.20. The largest absolute Gasteiger partial charge is 0.396 e. The van der Waals surface area contributed by atoms with Crippen molar-refractivity contribution < 1.29 is 9.84 Å². The van der Waals surface area contributed by atoms with Gasteiger partial charge in [-0.1, -0.05) is 17.7 Å². The molecule has 0 aliphatic carbocycles. The lowest BCUT2D eigenvalue weighted by Gasteiger charge is -2.35. The number of nitrogens with zero attached hydrogens (tertiary/aromatic N) is 2. The summed E-state index contributed by atoms with van der Waals surface area (Å²) in [5.74, 6) is 1.13. The minimum absolute atomic E-state index is 0.135. The predicted molar refractivity (Wildman–Crippen MR) is 95.0 cm³/mol. The molecule has 2 aromatic heterocycles. The quantitative estimate of drug-likeness (QED) is 0.769. The molecule has 128 valence electrons. The highest BCUT2D eigenvalue weighted by Gasteiger charge is 2.31. The van der Waals surface area contributed by atoms with E-state index in [1.807, 2.05) is 18.2 Å². The minimum atomic E-state index is -0.158. The second-order valence-electron chi connectivity index (χ2n) is 6.12. The van der Waals surface area contributed by atoms with Gasteiger partial charge in [-0.3, -0.25) is 0 Å². The van der Waals surface area contributed by atoms with E-state index >= 15 is 0 Å². The molecular weight excluding hydrogens is 328 g/mol. The van der Waals surface area contributed by atoms with Gasteiger partial charge in [0.2, 0.25) is 0 Å². The molecule has 0 atom stereocenters. The minimum Gasteiger partial charge on any atom is -0.396 e. The molecule has 0 radical (unpaired) electrons. The first-order chi connectivity index (χ1) is 11.6. The first-order valence-electron chi connectivity index (χ1n) is 7.93. The number of aromatic nitrogens is 2. The van der Waals surface area contributed by atoms with Crippen LogP contribution in [0.4, 0.5) is 11.6 Å².